The SMILES string of the molecule is CC(C)[C@H]1OC[C@@H](CC=CCCC(=O)O)[C@@H](c2ccccc2O)O1. The molecule has 1 aliphatic heterocycles. The molecule has 0 bridgehead atoms. The number of carbonyl (C=O) groups is 1. The predicted octanol–water partition coefficient (Wildman–Crippen LogP) is 3.89. The summed E-state index contributed by atoms with van der Waals surface area (Å²) in [4.78, 5) is 10.5. The first-order chi connectivity index (χ1) is 11.5. The maximum atomic E-state index is 10.5. The number of carboxylic acids is 1. The molecule has 0 spiro atoms. The molecule has 2 N–H and O–H groups in total. The number of rotatable bonds is 7. The lowest BCUT2D eigenvalue weighted by atomic mass is 9.91. The van der Waals surface area contributed by atoms with Crippen molar-refractivity contribution in [1.82, 2.24) is 0 Å². The van der Waals surface area contributed by atoms with Crippen LogP contribution in [0.5, 0.6) is 5.75 Å². The number of aliphatic carboxylic acids is 1. The van der Waals surface area contributed by atoms with Crippen molar-refractivity contribution >= 4 is 5.97 Å². The minimum Gasteiger partial charge on any atom is -0.508 e. The zero-order valence-electron chi connectivity index (χ0n) is 14.2. The average Bonchev–Trinajstić information content (AvgIpc) is 2.55. The summed E-state index contributed by atoms with van der Waals surface area (Å²) in [5.41, 5.74) is 0.774. The number of hydrogen-bond acceptors (Lipinski definition) is 4. The Bertz CT molecular complexity index is 567. The van der Waals surface area contributed by atoms with Crippen molar-refractivity contribution in [3.8, 4) is 5.75 Å². The Hall–Kier alpha value is -1.85. The molecule has 0 saturated carbocycles. The summed E-state index contributed by atoms with van der Waals surface area (Å²) < 4.78 is 11.9. The fraction of sp³-hybridized carbons (Fsp3) is 0.526. The lowest BCUT2D eigenvalue weighted by Gasteiger charge is -2.38. The summed E-state index contributed by atoms with van der Waals surface area (Å²) in [6.45, 7) is 4.63. The molecule has 1 aromatic carbocycles. The second kappa shape index (κ2) is 8.85. The van der Waals surface area contributed by atoms with Crippen molar-refractivity contribution in [2.75, 3.05) is 6.61 Å². The molecule has 0 radical (unpaired) electrons. The van der Waals surface area contributed by atoms with Crippen LogP contribution in [-0.2, 0) is 14.3 Å². The predicted molar refractivity (Wildman–Crippen MR) is 90.6 cm³/mol. The van der Waals surface area contributed by atoms with Crippen molar-refractivity contribution in [3.63, 3.8) is 0 Å². The summed E-state index contributed by atoms with van der Waals surface area (Å²) in [5.74, 6) is -0.262. The second-order valence-corrected chi connectivity index (χ2v) is 6.46. The van der Waals surface area contributed by atoms with Gasteiger partial charge in [0, 0.05) is 23.8 Å². The molecule has 5 heteroatoms. The van der Waals surface area contributed by atoms with E-state index in [1.54, 1.807) is 12.1 Å². The van der Waals surface area contributed by atoms with E-state index in [4.69, 9.17) is 14.6 Å². The number of benzene rings is 1. The number of phenols is 1. The van der Waals surface area contributed by atoms with Crippen molar-refractivity contribution in [2.24, 2.45) is 11.8 Å². The van der Waals surface area contributed by atoms with E-state index < -0.39 is 5.97 Å². The van der Waals surface area contributed by atoms with Gasteiger partial charge in [-0.05, 0) is 18.9 Å². The lowest BCUT2D eigenvalue weighted by Crippen LogP contribution is -2.37. The quantitative estimate of drug-likeness (QED) is 0.740. The third-order valence-electron chi connectivity index (χ3n) is 4.10. The molecular weight excluding hydrogens is 308 g/mol. The van der Waals surface area contributed by atoms with Gasteiger partial charge in [0.15, 0.2) is 6.29 Å². The monoisotopic (exact) mass is 334 g/mol. The normalized spacial score (nSPS) is 24.5. The van der Waals surface area contributed by atoms with Gasteiger partial charge in [-0.15, -0.1) is 0 Å². The van der Waals surface area contributed by atoms with Crippen LogP contribution in [-0.4, -0.2) is 29.1 Å². The van der Waals surface area contributed by atoms with E-state index >= 15 is 0 Å². The highest BCUT2D eigenvalue weighted by Gasteiger charge is 2.34. The smallest absolute Gasteiger partial charge is 0.303 e. The van der Waals surface area contributed by atoms with E-state index in [9.17, 15) is 9.90 Å². The molecule has 3 atom stereocenters. The Morgan fingerprint density at radius 2 is 2.08 bits per heavy atom. The van der Waals surface area contributed by atoms with Gasteiger partial charge < -0.3 is 19.7 Å². The highest BCUT2D eigenvalue weighted by Crippen LogP contribution is 2.39. The van der Waals surface area contributed by atoms with Gasteiger partial charge in [0.05, 0.1) is 12.7 Å². The number of aromatic hydroxyl groups is 1. The van der Waals surface area contributed by atoms with E-state index in [0.29, 0.717) is 19.4 Å². The molecule has 2 rings (SSSR count). The van der Waals surface area contributed by atoms with Gasteiger partial charge in [0.25, 0.3) is 0 Å². The van der Waals surface area contributed by atoms with Crippen LogP contribution in [0.3, 0.4) is 0 Å². The topological polar surface area (TPSA) is 76.0 Å². The minimum absolute atomic E-state index is 0.0781. The summed E-state index contributed by atoms with van der Waals surface area (Å²) in [6.07, 6.45) is 4.68. The van der Waals surface area contributed by atoms with Crippen molar-refractivity contribution < 1.29 is 24.5 Å². The largest absolute Gasteiger partial charge is 0.508 e. The summed E-state index contributed by atoms with van der Waals surface area (Å²) in [6, 6.07) is 7.22. The molecular formula is C19H26O5. The maximum absolute atomic E-state index is 10.5. The Kier molecular flexibility index (Phi) is 6.82. The van der Waals surface area contributed by atoms with Crippen molar-refractivity contribution in [1.29, 1.82) is 0 Å². The molecule has 132 valence electrons. The first-order valence-corrected chi connectivity index (χ1v) is 8.40. The van der Waals surface area contributed by atoms with Gasteiger partial charge in [-0.3, -0.25) is 4.79 Å². The number of phenolic OH excluding ortho intramolecular Hbond substituents is 1. The fourth-order valence-electron chi connectivity index (χ4n) is 2.79. The highest BCUT2D eigenvalue weighted by molar-refractivity contribution is 5.66. The van der Waals surface area contributed by atoms with Crippen LogP contribution >= 0.6 is 0 Å². The van der Waals surface area contributed by atoms with Gasteiger partial charge in [0.2, 0.25) is 0 Å². The van der Waals surface area contributed by atoms with Crippen LogP contribution in [0.25, 0.3) is 0 Å². The van der Waals surface area contributed by atoms with E-state index in [0.717, 1.165) is 5.56 Å². The van der Waals surface area contributed by atoms with E-state index in [1.165, 1.54) is 0 Å². The number of para-hydroxylation sites is 1. The molecule has 0 aliphatic carbocycles. The number of ether oxygens (including phenoxy) is 2. The molecule has 1 heterocycles. The lowest BCUT2D eigenvalue weighted by molar-refractivity contribution is -0.255. The Labute approximate surface area is 142 Å². The fourth-order valence-corrected chi connectivity index (χ4v) is 2.79. The van der Waals surface area contributed by atoms with E-state index in [-0.39, 0.29) is 36.4 Å². The summed E-state index contributed by atoms with van der Waals surface area (Å²) >= 11 is 0. The average molecular weight is 334 g/mol. The van der Waals surface area contributed by atoms with Gasteiger partial charge in [-0.2, -0.15) is 0 Å². The van der Waals surface area contributed by atoms with Gasteiger partial charge >= 0.3 is 5.97 Å². The molecule has 0 unspecified atom stereocenters. The molecule has 5 nitrogen and oxygen atoms in total. The van der Waals surface area contributed by atoms with Crippen LogP contribution in [0.1, 0.15) is 44.8 Å². The molecule has 24 heavy (non-hydrogen) atoms. The minimum atomic E-state index is -0.796. The number of allylic oxidation sites excluding steroid dienone is 2. The first-order valence-electron chi connectivity index (χ1n) is 8.40. The summed E-state index contributed by atoms with van der Waals surface area (Å²) in [7, 11) is 0. The van der Waals surface area contributed by atoms with Crippen LogP contribution in [0, 0.1) is 11.8 Å². The standard InChI is InChI=1S/C19H26O5/c1-13(2)19-23-12-14(8-4-3-5-11-17(21)22)18(24-19)15-9-6-7-10-16(15)20/h3-4,6-7,9-10,13-14,18-20H,5,8,11-12H2,1-2H3,(H,21,22)/t14-,18+,19+/m1/s1. The molecule has 1 aliphatic rings. The Balaban J connectivity index is 2.07. The number of carboxylic acid groups (broad SMARTS) is 1. The molecule has 1 aromatic rings. The summed E-state index contributed by atoms with van der Waals surface area (Å²) in [5, 5.41) is 18.8. The van der Waals surface area contributed by atoms with Gasteiger partial charge in [-0.1, -0.05) is 44.2 Å². The van der Waals surface area contributed by atoms with Gasteiger partial charge in [-0.25, -0.2) is 0 Å². The zero-order chi connectivity index (χ0) is 17.5. The molecule has 1 saturated heterocycles. The second-order valence-electron chi connectivity index (χ2n) is 6.46. The third-order valence-corrected chi connectivity index (χ3v) is 4.10. The Morgan fingerprint density at radius 1 is 1.33 bits per heavy atom. The zero-order valence-corrected chi connectivity index (χ0v) is 14.2. The van der Waals surface area contributed by atoms with Gasteiger partial charge in [0.1, 0.15) is 5.75 Å². The maximum Gasteiger partial charge on any atom is 0.303 e. The van der Waals surface area contributed by atoms with E-state index in [1.807, 2.05) is 38.1 Å². The number of hydrogen-bond donors (Lipinski definition) is 2. The molecule has 0 aromatic heterocycles. The molecule has 0 amide bonds. The van der Waals surface area contributed by atoms with Crippen LogP contribution in [0.15, 0.2) is 36.4 Å². The first kappa shape index (κ1) is 18.5. The van der Waals surface area contributed by atoms with Crippen molar-refractivity contribution in [2.45, 2.75) is 45.5 Å². The van der Waals surface area contributed by atoms with E-state index in [2.05, 4.69) is 0 Å². The highest BCUT2D eigenvalue weighted by atomic mass is 16.7. The van der Waals surface area contributed by atoms with Crippen molar-refractivity contribution in [3.05, 3.63) is 42.0 Å². The Morgan fingerprint density at radius 3 is 2.75 bits per heavy atom. The van der Waals surface area contributed by atoms with Crippen LogP contribution in [0.2, 0.25) is 0 Å². The molecule has 1 fully saturated rings. The van der Waals surface area contributed by atoms with Crippen LogP contribution in [0.4, 0.5) is 0 Å². The third kappa shape index (κ3) is 5.08. The van der Waals surface area contributed by atoms with Crippen LogP contribution < -0.4 is 0 Å².